The molecule has 1 aliphatic carbocycles. The molecule has 4 heteroatoms. The summed E-state index contributed by atoms with van der Waals surface area (Å²) in [6, 6.07) is 3.34. The third-order valence-corrected chi connectivity index (χ3v) is 4.32. The summed E-state index contributed by atoms with van der Waals surface area (Å²) >= 11 is 12.1. The Kier molecular flexibility index (Phi) is 4.88. The maximum absolute atomic E-state index is 13.5. The first kappa shape index (κ1) is 14.1. The fourth-order valence-corrected chi connectivity index (χ4v) is 3.34. The van der Waals surface area contributed by atoms with Gasteiger partial charge in [-0.3, -0.25) is 0 Å². The van der Waals surface area contributed by atoms with E-state index in [0.29, 0.717) is 16.6 Å². The van der Waals surface area contributed by atoms with Crippen molar-refractivity contribution in [3.8, 4) is 0 Å². The minimum Gasteiger partial charge on any atom is -0.307 e. The second-order valence-corrected chi connectivity index (χ2v) is 5.77. The van der Waals surface area contributed by atoms with Crippen LogP contribution in [0.2, 0.25) is 10.0 Å². The first-order valence-electron chi connectivity index (χ1n) is 6.49. The molecule has 0 radical (unpaired) electrons. The van der Waals surface area contributed by atoms with Crippen molar-refractivity contribution in [3.05, 3.63) is 33.6 Å². The van der Waals surface area contributed by atoms with Crippen LogP contribution in [-0.4, -0.2) is 6.04 Å². The summed E-state index contributed by atoms with van der Waals surface area (Å²) in [5.74, 6) is -0.409. The zero-order valence-corrected chi connectivity index (χ0v) is 12.0. The Morgan fingerprint density at radius 2 is 1.89 bits per heavy atom. The minimum atomic E-state index is -0.409. The summed E-state index contributed by atoms with van der Waals surface area (Å²) in [6.07, 6.45) is 6.18. The van der Waals surface area contributed by atoms with Gasteiger partial charge in [-0.2, -0.15) is 0 Å². The fraction of sp³-hybridized carbons (Fsp3) is 0.571. The number of rotatable bonds is 3. The molecule has 1 aromatic carbocycles. The van der Waals surface area contributed by atoms with Crippen LogP contribution in [0.3, 0.4) is 0 Å². The second kappa shape index (κ2) is 6.23. The van der Waals surface area contributed by atoms with Crippen LogP contribution in [0.15, 0.2) is 12.1 Å². The molecule has 1 fully saturated rings. The third-order valence-electron chi connectivity index (χ3n) is 3.60. The van der Waals surface area contributed by atoms with Gasteiger partial charge in [0.2, 0.25) is 0 Å². The van der Waals surface area contributed by atoms with Gasteiger partial charge in [0.25, 0.3) is 0 Å². The molecule has 0 heterocycles. The standard InChI is InChI=1S/C14H18Cl2FN/c1-9(18-10-5-3-2-4-6-10)13-11(15)7-8-12(17)14(13)16/h7-10,18H,2-6H2,1H3. The van der Waals surface area contributed by atoms with Gasteiger partial charge in [0.05, 0.1) is 5.02 Å². The monoisotopic (exact) mass is 289 g/mol. The average molecular weight is 290 g/mol. The van der Waals surface area contributed by atoms with E-state index < -0.39 is 5.82 Å². The molecule has 0 amide bonds. The number of hydrogen-bond donors (Lipinski definition) is 1. The van der Waals surface area contributed by atoms with Gasteiger partial charge in [-0.25, -0.2) is 4.39 Å². The number of benzene rings is 1. The van der Waals surface area contributed by atoms with E-state index >= 15 is 0 Å². The van der Waals surface area contributed by atoms with Gasteiger partial charge in [-0.1, -0.05) is 42.5 Å². The molecule has 1 saturated carbocycles. The maximum Gasteiger partial charge on any atom is 0.142 e. The highest BCUT2D eigenvalue weighted by atomic mass is 35.5. The van der Waals surface area contributed by atoms with Crippen LogP contribution in [0.4, 0.5) is 4.39 Å². The molecule has 1 atom stereocenters. The molecule has 1 aliphatic rings. The van der Waals surface area contributed by atoms with Crippen molar-refractivity contribution < 1.29 is 4.39 Å². The topological polar surface area (TPSA) is 12.0 Å². The smallest absolute Gasteiger partial charge is 0.142 e. The highest BCUT2D eigenvalue weighted by Gasteiger charge is 2.21. The van der Waals surface area contributed by atoms with E-state index in [4.69, 9.17) is 23.2 Å². The fourth-order valence-electron chi connectivity index (χ4n) is 2.65. The number of hydrogen-bond acceptors (Lipinski definition) is 1. The highest BCUT2D eigenvalue weighted by Crippen LogP contribution is 2.33. The highest BCUT2D eigenvalue weighted by molar-refractivity contribution is 6.36. The maximum atomic E-state index is 13.5. The Labute approximate surface area is 118 Å². The molecule has 1 unspecified atom stereocenters. The molecule has 0 bridgehead atoms. The zero-order valence-electron chi connectivity index (χ0n) is 10.5. The van der Waals surface area contributed by atoms with Gasteiger partial charge < -0.3 is 5.32 Å². The molecule has 18 heavy (non-hydrogen) atoms. The molecule has 0 aromatic heterocycles. The van der Waals surface area contributed by atoms with Gasteiger partial charge >= 0.3 is 0 Å². The molecule has 0 spiro atoms. The average Bonchev–Trinajstić information content (AvgIpc) is 2.36. The third kappa shape index (κ3) is 3.17. The number of halogens is 3. The lowest BCUT2D eigenvalue weighted by Crippen LogP contribution is -2.33. The van der Waals surface area contributed by atoms with Crippen molar-refractivity contribution >= 4 is 23.2 Å². The van der Waals surface area contributed by atoms with Crippen LogP contribution < -0.4 is 5.32 Å². The van der Waals surface area contributed by atoms with E-state index in [9.17, 15) is 4.39 Å². The SMILES string of the molecule is CC(NC1CCCCC1)c1c(Cl)ccc(F)c1Cl. The summed E-state index contributed by atoms with van der Waals surface area (Å²) in [5.41, 5.74) is 0.670. The predicted octanol–water partition coefficient (Wildman–Crippen LogP) is 5.12. The summed E-state index contributed by atoms with van der Waals surface area (Å²) in [6.45, 7) is 1.99. The van der Waals surface area contributed by atoms with Crippen molar-refractivity contribution in [2.75, 3.05) is 0 Å². The van der Waals surface area contributed by atoms with Gasteiger partial charge in [-0.15, -0.1) is 0 Å². The van der Waals surface area contributed by atoms with Gasteiger partial charge in [-0.05, 0) is 31.9 Å². The lowest BCUT2D eigenvalue weighted by molar-refractivity contribution is 0.346. The molecule has 1 N–H and O–H groups in total. The molecular formula is C14H18Cl2FN. The summed E-state index contributed by atoms with van der Waals surface area (Å²) in [4.78, 5) is 0. The normalized spacial score (nSPS) is 18.9. The van der Waals surface area contributed by atoms with Crippen LogP contribution in [0, 0.1) is 5.82 Å². The van der Waals surface area contributed by atoms with E-state index in [-0.39, 0.29) is 11.1 Å². The minimum absolute atomic E-state index is 0.0243. The largest absolute Gasteiger partial charge is 0.307 e. The second-order valence-electron chi connectivity index (χ2n) is 4.98. The van der Waals surface area contributed by atoms with Crippen LogP contribution >= 0.6 is 23.2 Å². The Morgan fingerprint density at radius 1 is 1.22 bits per heavy atom. The molecule has 0 aliphatic heterocycles. The molecule has 1 nitrogen and oxygen atoms in total. The van der Waals surface area contributed by atoms with Crippen molar-refractivity contribution in [2.45, 2.75) is 51.1 Å². The van der Waals surface area contributed by atoms with Crippen molar-refractivity contribution in [3.63, 3.8) is 0 Å². The number of nitrogens with one attached hydrogen (secondary N) is 1. The first-order chi connectivity index (χ1) is 8.59. The quantitative estimate of drug-likeness (QED) is 0.762. The van der Waals surface area contributed by atoms with Crippen molar-refractivity contribution in [2.24, 2.45) is 0 Å². The lowest BCUT2D eigenvalue weighted by Gasteiger charge is -2.27. The summed E-state index contributed by atoms with van der Waals surface area (Å²) in [7, 11) is 0. The Bertz CT molecular complexity index is 417. The Hall–Kier alpha value is -0.310. The van der Waals surface area contributed by atoms with Crippen LogP contribution in [0.1, 0.15) is 50.6 Å². The Morgan fingerprint density at radius 3 is 2.56 bits per heavy atom. The van der Waals surface area contributed by atoms with E-state index in [1.807, 2.05) is 6.92 Å². The lowest BCUT2D eigenvalue weighted by atomic mass is 9.94. The van der Waals surface area contributed by atoms with Gasteiger partial charge in [0.15, 0.2) is 0 Å². The van der Waals surface area contributed by atoms with Crippen LogP contribution in [0.5, 0.6) is 0 Å². The van der Waals surface area contributed by atoms with Crippen molar-refractivity contribution in [1.29, 1.82) is 0 Å². The molecular weight excluding hydrogens is 272 g/mol. The van der Waals surface area contributed by atoms with Crippen LogP contribution in [-0.2, 0) is 0 Å². The van der Waals surface area contributed by atoms with E-state index in [1.54, 1.807) is 6.07 Å². The zero-order chi connectivity index (χ0) is 13.1. The molecule has 1 aromatic rings. The van der Waals surface area contributed by atoms with E-state index in [1.165, 1.54) is 38.2 Å². The summed E-state index contributed by atoms with van der Waals surface area (Å²) in [5, 5.41) is 4.17. The first-order valence-corrected chi connectivity index (χ1v) is 7.24. The summed E-state index contributed by atoms with van der Waals surface area (Å²) < 4.78 is 13.5. The Balaban J connectivity index is 2.12. The van der Waals surface area contributed by atoms with Crippen LogP contribution in [0.25, 0.3) is 0 Å². The molecule has 2 rings (SSSR count). The van der Waals surface area contributed by atoms with E-state index in [0.717, 1.165) is 0 Å². The van der Waals surface area contributed by atoms with E-state index in [2.05, 4.69) is 5.32 Å². The van der Waals surface area contributed by atoms with Gasteiger partial charge in [0.1, 0.15) is 5.82 Å². The van der Waals surface area contributed by atoms with Crippen molar-refractivity contribution in [1.82, 2.24) is 5.32 Å². The molecule has 100 valence electrons. The van der Waals surface area contributed by atoms with Gasteiger partial charge in [0, 0.05) is 22.7 Å². The predicted molar refractivity (Wildman–Crippen MR) is 74.8 cm³/mol. The molecule has 0 saturated heterocycles.